The predicted octanol–water partition coefficient (Wildman–Crippen LogP) is 1.31. The van der Waals surface area contributed by atoms with Crippen molar-refractivity contribution in [2.75, 3.05) is 0 Å². The third kappa shape index (κ3) is 1.53. The Balaban J connectivity index is 2.64. The molecule has 1 aliphatic rings. The monoisotopic (exact) mass is 155 g/mol. The molecular formula is C8H13NO2. The molecule has 1 fully saturated rings. The average molecular weight is 155 g/mol. The number of hydrogen-bond acceptors (Lipinski definition) is 2. The SMILES string of the molecule is C=CC1OC(=O)NC1C(C)C. The molecule has 3 nitrogen and oxygen atoms in total. The van der Waals surface area contributed by atoms with Gasteiger partial charge in [0.25, 0.3) is 0 Å². The summed E-state index contributed by atoms with van der Waals surface area (Å²) in [6, 6.07) is 0.0833. The molecule has 2 atom stereocenters. The zero-order valence-corrected chi connectivity index (χ0v) is 6.83. The van der Waals surface area contributed by atoms with Gasteiger partial charge >= 0.3 is 6.09 Å². The van der Waals surface area contributed by atoms with Crippen molar-refractivity contribution in [2.45, 2.75) is 26.0 Å². The Morgan fingerprint density at radius 2 is 2.36 bits per heavy atom. The van der Waals surface area contributed by atoms with E-state index in [-0.39, 0.29) is 18.2 Å². The number of ether oxygens (including phenoxy) is 1. The minimum absolute atomic E-state index is 0.0833. The summed E-state index contributed by atoms with van der Waals surface area (Å²) in [7, 11) is 0. The van der Waals surface area contributed by atoms with E-state index >= 15 is 0 Å². The van der Waals surface area contributed by atoms with Crippen LogP contribution in [0.2, 0.25) is 0 Å². The number of amides is 1. The van der Waals surface area contributed by atoms with Crippen LogP contribution in [-0.4, -0.2) is 18.2 Å². The maximum atomic E-state index is 10.7. The summed E-state index contributed by atoms with van der Waals surface area (Å²) in [5.74, 6) is 0.379. The molecule has 1 heterocycles. The minimum atomic E-state index is -0.339. The number of alkyl carbamates (subject to hydrolysis) is 1. The smallest absolute Gasteiger partial charge is 0.408 e. The van der Waals surface area contributed by atoms with Crippen LogP contribution < -0.4 is 5.32 Å². The molecule has 1 aliphatic heterocycles. The largest absolute Gasteiger partial charge is 0.440 e. The molecule has 0 saturated carbocycles. The number of hydrogen-bond donors (Lipinski definition) is 1. The first-order valence-corrected chi connectivity index (χ1v) is 3.75. The molecule has 0 spiro atoms. The molecule has 0 aromatic rings. The molecule has 0 aromatic carbocycles. The van der Waals surface area contributed by atoms with Gasteiger partial charge in [-0.3, -0.25) is 0 Å². The van der Waals surface area contributed by atoms with Crippen LogP contribution in [0.4, 0.5) is 4.79 Å². The van der Waals surface area contributed by atoms with Gasteiger partial charge in [-0.05, 0) is 12.0 Å². The van der Waals surface area contributed by atoms with E-state index in [1.54, 1.807) is 6.08 Å². The quantitative estimate of drug-likeness (QED) is 0.610. The lowest BCUT2D eigenvalue weighted by molar-refractivity contribution is 0.149. The second-order valence-corrected chi connectivity index (χ2v) is 3.02. The summed E-state index contributed by atoms with van der Waals surface area (Å²) < 4.78 is 4.92. The topological polar surface area (TPSA) is 38.3 Å². The van der Waals surface area contributed by atoms with Crippen LogP contribution in [0, 0.1) is 5.92 Å². The summed E-state index contributed by atoms with van der Waals surface area (Å²) in [5, 5.41) is 2.72. The van der Waals surface area contributed by atoms with Gasteiger partial charge in [-0.1, -0.05) is 20.4 Å². The lowest BCUT2D eigenvalue weighted by Gasteiger charge is -2.16. The lowest BCUT2D eigenvalue weighted by atomic mass is 10.00. The van der Waals surface area contributed by atoms with Crippen LogP contribution in [0.3, 0.4) is 0 Å². The molecule has 11 heavy (non-hydrogen) atoms. The first-order valence-electron chi connectivity index (χ1n) is 3.75. The zero-order valence-electron chi connectivity index (χ0n) is 6.83. The Labute approximate surface area is 66.4 Å². The van der Waals surface area contributed by atoms with E-state index in [2.05, 4.69) is 11.9 Å². The van der Waals surface area contributed by atoms with Crippen molar-refractivity contribution in [3.8, 4) is 0 Å². The fourth-order valence-corrected chi connectivity index (χ4v) is 1.19. The van der Waals surface area contributed by atoms with Crippen LogP contribution in [0.1, 0.15) is 13.8 Å². The summed E-state index contributed by atoms with van der Waals surface area (Å²) in [5.41, 5.74) is 0. The van der Waals surface area contributed by atoms with E-state index in [1.807, 2.05) is 13.8 Å². The summed E-state index contributed by atoms with van der Waals surface area (Å²) in [6.07, 6.45) is 1.15. The van der Waals surface area contributed by atoms with Crippen LogP contribution >= 0.6 is 0 Å². The highest BCUT2D eigenvalue weighted by atomic mass is 16.6. The number of nitrogens with one attached hydrogen (secondary N) is 1. The molecular weight excluding hydrogens is 142 g/mol. The molecule has 1 saturated heterocycles. The number of rotatable bonds is 2. The minimum Gasteiger partial charge on any atom is -0.440 e. The number of cyclic esters (lactones) is 1. The molecule has 2 unspecified atom stereocenters. The highest BCUT2D eigenvalue weighted by Gasteiger charge is 2.33. The van der Waals surface area contributed by atoms with Crippen LogP contribution in [0.15, 0.2) is 12.7 Å². The third-order valence-electron chi connectivity index (χ3n) is 1.83. The molecule has 3 heteroatoms. The van der Waals surface area contributed by atoms with E-state index in [9.17, 15) is 4.79 Å². The van der Waals surface area contributed by atoms with Gasteiger partial charge in [0.15, 0.2) is 0 Å². The molecule has 0 aliphatic carbocycles. The zero-order chi connectivity index (χ0) is 8.43. The van der Waals surface area contributed by atoms with Gasteiger partial charge in [-0.2, -0.15) is 0 Å². The van der Waals surface area contributed by atoms with E-state index in [4.69, 9.17) is 4.74 Å². The molecule has 1 amide bonds. The Morgan fingerprint density at radius 3 is 2.73 bits per heavy atom. The Kier molecular flexibility index (Phi) is 2.17. The molecule has 1 N–H and O–H groups in total. The van der Waals surface area contributed by atoms with Gasteiger partial charge in [-0.25, -0.2) is 4.79 Å². The summed E-state index contributed by atoms with van der Waals surface area (Å²) >= 11 is 0. The molecule has 62 valence electrons. The Bertz CT molecular complexity index is 177. The van der Waals surface area contributed by atoms with Crippen molar-refractivity contribution in [2.24, 2.45) is 5.92 Å². The molecule has 1 rings (SSSR count). The van der Waals surface area contributed by atoms with Gasteiger partial charge in [0.05, 0.1) is 6.04 Å². The maximum absolute atomic E-state index is 10.7. The fourth-order valence-electron chi connectivity index (χ4n) is 1.19. The van der Waals surface area contributed by atoms with E-state index in [1.165, 1.54) is 0 Å². The normalized spacial score (nSPS) is 29.9. The second-order valence-electron chi connectivity index (χ2n) is 3.02. The van der Waals surface area contributed by atoms with Gasteiger partial charge in [0.1, 0.15) is 6.10 Å². The van der Waals surface area contributed by atoms with Gasteiger partial charge in [0.2, 0.25) is 0 Å². The van der Waals surface area contributed by atoms with Crippen LogP contribution in [-0.2, 0) is 4.74 Å². The average Bonchev–Trinajstić information content (AvgIpc) is 2.30. The van der Waals surface area contributed by atoms with Crippen molar-refractivity contribution >= 4 is 6.09 Å². The summed E-state index contributed by atoms with van der Waals surface area (Å²) in [6.45, 7) is 7.67. The Morgan fingerprint density at radius 1 is 1.73 bits per heavy atom. The van der Waals surface area contributed by atoms with Crippen molar-refractivity contribution in [3.63, 3.8) is 0 Å². The highest BCUT2D eigenvalue weighted by Crippen LogP contribution is 2.16. The third-order valence-corrected chi connectivity index (χ3v) is 1.83. The van der Waals surface area contributed by atoms with Crippen molar-refractivity contribution in [3.05, 3.63) is 12.7 Å². The molecule has 0 radical (unpaired) electrons. The van der Waals surface area contributed by atoms with E-state index < -0.39 is 0 Å². The first kappa shape index (κ1) is 8.11. The van der Waals surface area contributed by atoms with Crippen LogP contribution in [0.5, 0.6) is 0 Å². The second kappa shape index (κ2) is 2.95. The standard InChI is InChI=1S/C8H13NO2/c1-4-6-7(5(2)3)9-8(10)11-6/h4-7H,1H2,2-3H3,(H,9,10). The predicted molar refractivity (Wildman–Crippen MR) is 42.2 cm³/mol. The van der Waals surface area contributed by atoms with Crippen molar-refractivity contribution < 1.29 is 9.53 Å². The fraction of sp³-hybridized carbons (Fsp3) is 0.625. The van der Waals surface area contributed by atoms with E-state index in [0.717, 1.165) is 0 Å². The molecule has 0 aromatic heterocycles. The molecule has 0 bridgehead atoms. The number of carbonyl (C=O) groups is 1. The maximum Gasteiger partial charge on any atom is 0.408 e. The summed E-state index contributed by atoms with van der Waals surface area (Å²) in [4.78, 5) is 10.7. The van der Waals surface area contributed by atoms with Gasteiger partial charge in [-0.15, -0.1) is 0 Å². The van der Waals surface area contributed by atoms with Crippen LogP contribution in [0.25, 0.3) is 0 Å². The van der Waals surface area contributed by atoms with Crippen molar-refractivity contribution in [1.82, 2.24) is 5.32 Å². The lowest BCUT2D eigenvalue weighted by Crippen LogP contribution is -2.35. The van der Waals surface area contributed by atoms with Gasteiger partial charge in [0, 0.05) is 0 Å². The van der Waals surface area contributed by atoms with E-state index in [0.29, 0.717) is 5.92 Å². The Hall–Kier alpha value is -0.990. The van der Waals surface area contributed by atoms with Crippen molar-refractivity contribution in [1.29, 1.82) is 0 Å². The van der Waals surface area contributed by atoms with Gasteiger partial charge < -0.3 is 10.1 Å². The highest BCUT2D eigenvalue weighted by molar-refractivity contribution is 5.70. The number of carbonyl (C=O) groups excluding carboxylic acids is 1. The first-order chi connectivity index (χ1) is 5.15.